The highest BCUT2D eigenvalue weighted by atomic mass is 19.3. The summed E-state index contributed by atoms with van der Waals surface area (Å²) >= 11 is 0. The lowest BCUT2D eigenvalue weighted by Gasteiger charge is -2.59. The molecule has 1 saturated carbocycles. The van der Waals surface area contributed by atoms with Crippen LogP contribution < -0.4 is 15.0 Å². The summed E-state index contributed by atoms with van der Waals surface area (Å²) in [5, 5.41) is 13.3. The van der Waals surface area contributed by atoms with Crippen molar-refractivity contribution in [1.82, 2.24) is 34.8 Å². The summed E-state index contributed by atoms with van der Waals surface area (Å²) < 4.78 is 69.0. The molecule has 5 heterocycles. The first-order valence-electron chi connectivity index (χ1n) is 14.4. The molecule has 0 atom stereocenters. The van der Waals surface area contributed by atoms with Crippen molar-refractivity contribution in [2.45, 2.75) is 18.8 Å². The SMILES string of the molecule is Cn1nc(-c2cnc(N3CC4(C3)CC(F)(F)C4)c(OCCN3CCOCC3)c2)nc1Nc1ccc(-c2cn[nH]c2F)c(F)c1. The van der Waals surface area contributed by atoms with Gasteiger partial charge in [0.25, 0.3) is 0 Å². The van der Waals surface area contributed by atoms with Gasteiger partial charge in [-0.2, -0.15) is 14.5 Å². The van der Waals surface area contributed by atoms with Crippen molar-refractivity contribution in [3.05, 3.63) is 48.4 Å². The van der Waals surface area contributed by atoms with Gasteiger partial charge in [0.15, 0.2) is 17.4 Å². The van der Waals surface area contributed by atoms with E-state index in [0.29, 0.717) is 74.0 Å². The minimum Gasteiger partial charge on any atom is -0.488 e. The van der Waals surface area contributed by atoms with Crippen LogP contribution in [0, 0.1) is 17.2 Å². The second-order valence-corrected chi connectivity index (χ2v) is 11.7. The van der Waals surface area contributed by atoms with Gasteiger partial charge in [0.1, 0.15) is 12.4 Å². The molecular weight excluding hydrogens is 582 g/mol. The molecule has 2 saturated heterocycles. The molecule has 0 unspecified atom stereocenters. The van der Waals surface area contributed by atoms with E-state index in [1.54, 1.807) is 19.3 Å². The van der Waals surface area contributed by atoms with E-state index in [1.165, 1.54) is 23.0 Å². The maximum Gasteiger partial charge on any atom is 0.249 e. The number of ether oxygens (including phenoxy) is 2. The van der Waals surface area contributed by atoms with Gasteiger partial charge < -0.3 is 19.7 Å². The summed E-state index contributed by atoms with van der Waals surface area (Å²) in [6.07, 6.45) is 2.67. The first kappa shape index (κ1) is 28.5. The van der Waals surface area contributed by atoms with Crippen LogP contribution >= 0.6 is 0 Å². The summed E-state index contributed by atoms with van der Waals surface area (Å²) in [5.74, 6) is -2.08. The predicted octanol–water partition coefficient (Wildman–Crippen LogP) is 4.24. The van der Waals surface area contributed by atoms with Crippen molar-refractivity contribution >= 4 is 17.5 Å². The van der Waals surface area contributed by atoms with Gasteiger partial charge in [-0.05, 0) is 24.3 Å². The molecule has 1 aromatic carbocycles. The fourth-order valence-corrected chi connectivity index (χ4v) is 6.21. The monoisotopic (exact) mass is 613 g/mol. The molecule has 3 fully saturated rings. The Labute approximate surface area is 250 Å². The molecule has 232 valence electrons. The van der Waals surface area contributed by atoms with E-state index in [9.17, 15) is 17.6 Å². The van der Waals surface area contributed by atoms with Crippen LogP contribution in [0.2, 0.25) is 0 Å². The lowest BCUT2D eigenvalue weighted by atomic mass is 9.61. The second kappa shape index (κ2) is 11.0. The molecule has 11 nitrogen and oxygen atoms in total. The largest absolute Gasteiger partial charge is 0.488 e. The Balaban J connectivity index is 1.09. The predicted molar refractivity (Wildman–Crippen MR) is 153 cm³/mol. The fourth-order valence-electron chi connectivity index (χ4n) is 6.21. The Morgan fingerprint density at radius 3 is 2.57 bits per heavy atom. The molecule has 2 aliphatic heterocycles. The third kappa shape index (κ3) is 5.56. The van der Waals surface area contributed by atoms with E-state index in [-0.39, 0.29) is 29.4 Å². The van der Waals surface area contributed by atoms with E-state index >= 15 is 0 Å². The van der Waals surface area contributed by atoms with E-state index in [4.69, 9.17) is 9.47 Å². The van der Waals surface area contributed by atoms with E-state index < -0.39 is 17.7 Å². The lowest BCUT2D eigenvalue weighted by Crippen LogP contribution is -2.66. The standard InChI is InChI=1S/C29H31F4N9O2/c1-40-27(36-19-2-3-20(22(30)11-19)21-13-35-38-24(21)31)37-25(39-40)18-10-23(44-9-6-41-4-7-43-8-5-41)26(34-12-18)42-16-28(17-42)14-29(32,33)15-28/h2-3,10-13H,4-9,14-17H2,1H3,(H,35,38)(H,36,37,39). The number of rotatable bonds is 9. The second-order valence-electron chi connectivity index (χ2n) is 11.7. The van der Waals surface area contributed by atoms with Crippen LogP contribution in [-0.2, 0) is 11.8 Å². The zero-order chi connectivity index (χ0) is 30.5. The summed E-state index contributed by atoms with van der Waals surface area (Å²) in [4.78, 5) is 13.5. The van der Waals surface area contributed by atoms with Crippen molar-refractivity contribution in [3.8, 4) is 28.3 Å². The van der Waals surface area contributed by atoms with Crippen LogP contribution in [0.5, 0.6) is 5.75 Å². The molecule has 0 bridgehead atoms. The Morgan fingerprint density at radius 2 is 1.86 bits per heavy atom. The Hall–Kier alpha value is -4.24. The van der Waals surface area contributed by atoms with Crippen LogP contribution in [0.15, 0.2) is 36.7 Å². The van der Waals surface area contributed by atoms with Gasteiger partial charge in [-0.25, -0.2) is 22.8 Å². The molecule has 1 aliphatic carbocycles. The number of nitrogens with one attached hydrogen (secondary N) is 2. The molecule has 15 heteroatoms. The van der Waals surface area contributed by atoms with Gasteiger partial charge in [0, 0.05) is 81.0 Å². The van der Waals surface area contributed by atoms with Gasteiger partial charge in [-0.1, -0.05) is 0 Å². The topological polar surface area (TPSA) is 109 Å². The minimum atomic E-state index is -2.58. The molecule has 3 aliphatic rings. The number of H-pyrrole nitrogens is 1. The summed E-state index contributed by atoms with van der Waals surface area (Å²) in [7, 11) is 1.69. The summed E-state index contributed by atoms with van der Waals surface area (Å²) in [5.41, 5.74) is 0.745. The molecule has 0 radical (unpaired) electrons. The van der Waals surface area contributed by atoms with Crippen LogP contribution in [-0.4, -0.2) is 93.3 Å². The number of pyridine rings is 1. The number of hydrogen-bond acceptors (Lipinski definition) is 9. The van der Waals surface area contributed by atoms with E-state index in [0.717, 1.165) is 13.1 Å². The first-order valence-corrected chi connectivity index (χ1v) is 14.4. The number of nitrogens with zero attached hydrogens (tertiary/aromatic N) is 7. The smallest absolute Gasteiger partial charge is 0.249 e. The first-order chi connectivity index (χ1) is 21.2. The van der Waals surface area contributed by atoms with Crippen molar-refractivity contribution in [1.29, 1.82) is 0 Å². The third-order valence-electron chi connectivity index (χ3n) is 8.35. The highest BCUT2D eigenvalue weighted by Gasteiger charge is 2.62. The number of halogens is 4. The van der Waals surface area contributed by atoms with Crippen molar-refractivity contribution in [2.24, 2.45) is 12.5 Å². The van der Waals surface area contributed by atoms with Crippen molar-refractivity contribution < 1.29 is 27.0 Å². The maximum atomic E-state index is 14.8. The highest BCUT2D eigenvalue weighted by Crippen LogP contribution is 2.57. The average molecular weight is 614 g/mol. The van der Waals surface area contributed by atoms with Gasteiger partial charge in [0.05, 0.1) is 25.0 Å². The normalized spacial score (nSPS) is 19.1. The van der Waals surface area contributed by atoms with E-state index in [1.807, 2.05) is 11.0 Å². The average Bonchev–Trinajstić information content (AvgIpc) is 3.56. The van der Waals surface area contributed by atoms with Gasteiger partial charge in [-0.3, -0.25) is 10.00 Å². The number of aromatic nitrogens is 6. The number of aryl methyl sites for hydroxylation is 1. The Morgan fingerprint density at radius 1 is 1.07 bits per heavy atom. The number of aromatic amines is 1. The number of morpholine rings is 1. The number of anilines is 3. The molecule has 0 amide bonds. The maximum absolute atomic E-state index is 14.8. The summed E-state index contributed by atoms with van der Waals surface area (Å²) in [6.45, 7) is 5.17. The Kier molecular flexibility index (Phi) is 7.16. The van der Waals surface area contributed by atoms with Crippen molar-refractivity contribution in [3.63, 3.8) is 0 Å². The van der Waals surface area contributed by atoms with Crippen LogP contribution in [0.25, 0.3) is 22.5 Å². The molecule has 2 N–H and O–H groups in total. The number of alkyl halides is 2. The molecule has 4 aromatic rings. The molecule has 7 rings (SSSR count). The fraction of sp³-hybridized carbons (Fsp3) is 0.448. The number of hydrogen-bond donors (Lipinski definition) is 2. The lowest BCUT2D eigenvalue weighted by molar-refractivity contribution is -0.170. The van der Waals surface area contributed by atoms with Crippen LogP contribution in [0.3, 0.4) is 0 Å². The van der Waals surface area contributed by atoms with Gasteiger partial charge in [-0.15, -0.1) is 5.10 Å². The van der Waals surface area contributed by atoms with E-state index in [2.05, 4.69) is 35.5 Å². The zero-order valence-corrected chi connectivity index (χ0v) is 24.0. The quantitative estimate of drug-likeness (QED) is 0.268. The van der Waals surface area contributed by atoms with Crippen LogP contribution in [0.1, 0.15) is 12.8 Å². The van der Waals surface area contributed by atoms with Crippen molar-refractivity contribution in [2.75, 3.05) is 62.8 Å². The van der Waals surface area contributed by atoms with Gasteiger partial charge in [0.2, 0.25) is 17.8 Å². The molecule has 44 heavy (non-hydrogen) atoms. The Bertz CT molecular complexity index is 1650. The zero-order valence-electron chi connectivity index (χ0n) is 24.0. The highest BCUT2D eigenvalue weighted by molar-refractivity contribution is 5.69. The molecule has 1 spiro atoms. The molecule has 3 aromatic heterocycles. The third-order valence-corrected chi connectivity index (χ3v) is 8.35. The summed E-state index contributed by atoms with van der Waals surface area (Å²) in [6, 6.07) is 6.12. The molecular formula is C29H31F4N9O2. The van der Waals surface area contributed by atoms with Gasteiger partial charge >= 0.3 is 0 Å². The minimum absolute atomic E-state index is 0.0351. The van der Waals surface area contributed by atoms with Crippen LogP contribution in [0.4, 0.5) is 35.0 Å². The number of benzene rings is 1.